The lowest BCUT2D eigenvalue weighted by Crippen LogP contribution is -2.60. The maximum Gasteiger partial charge on any atom is 0.118 e. The first-order valence-corrected chi connectivity index (χ1v) is 7.59. The Morgan fingerprint density at radius 3 is 2.57 bits per heavy atom. The lowest BCUT2D eigenvalue weighted by molar-refractivity contribution is -0.137. The highest BCUT2D eigenvalue weighted by Gasteiger charge is 2.36. The van der Waals surface area contributed by atoms with Gasteiger partial charge in [0.25, 0.3) is 0 Å². The van der Waals surface area contributed by atoms with E-state index in [-0.39, 0.29) is 12.6 Å². The number of ether oxygens (including phenoxy) is 1. The summed E-state index contributed by atoms with van der Waals surface area (Å²) in [5.74, 6) is 1.94. The van der Waals surface area contributed by atoms with Gasteiger partial charge >= 0.3 is 0 Å². The fourth-order valence-electron chi connectivity index (χ4n) is 3.13. The zero-order valence-electron chi connectivity index (χ0n) is 12.4. The van der Waals surface area contributed by atoms with Crippen LogP contribution in [0.4, 0.5) is 0 Å². The summed E-state index contributed by atoms with van der Waals surface area (Å²) in [6.45, 7) is 7.11. The van der Waals surface area contributed by atoms with Crippen molar-refractivity contribution in [2.24, 2.45) is 0 Å². The smallest absolute Gasteiger partial charge is 0.118 e. The van der Waals surface area contributed by atoms with Crippen LogP contribution in [0.3, 0.4) is 0 Å². The van der Waals surface area contributed by atoms with E-state index in [0.29, 0.717) is 6.61 Å². The molecule has 0 amide bonds. The molecule has 2 N–H and O–H groups in total. The van der Waals surface area contributed by atoms with E-state index in [4.69, 9.17) is 9.15 Å². The lowest BCUT2D eigenvalue weighted by atomic mass is 10.0. The van der Waals surface area contributed by atoms with Crippen LogP contribution in [-0.2, 0) is 11.3 Å². The van der Waals surface area contributed by atoms with E-state index in [9.17, 15) is 10.2 Å². The number of furan rings is 1. The molecule has 0 aliphatic carbocycles. The Labute approximate surface area is 124 Å². The standard InChI is InChI=1S/C15H24N2O4/c1-11-2-3-12(21-11)8-16-4-6-17(7-5-16)13-9-20-10-14(18)15(13)19/h2-3,13-15,18-19H,4-10H2,1H3/t13-,14-,15+/m1/s1. The lowest BCUT2D eigenvalue weighted by Gasteiger charge is -2.43. The van der Waals surface area contributed by atoms with E-state index in [1.807, 2.05) is 19.1 Å². The molecule has 6 nitrogen and oxygen atoms in total. The highest BCUT2D eigenvalue weighted by Crippen LogP contribution is 2.18. The molecule has 6 heteroatoms. The molecule has 1 aromatic heterocycles. The minimum atomic E-state index is -0.770. The quantitative estimate of drug-likeness (QED) is 0.807. The van der Waals surface area contributed by atoms with Crippen LogP contribution in [0.1, 0.15) is 11.5 Å². The van der Waals surface area contributed by atoms with Crippen LogP contribution in [0.15, 0.2) is 16.5 Å². The topological polar surface area (TPSA) is 69.3 Å². The molecular weight excluding hydrogens is 272 g/mol. The summed E-state index contributed by atoms with van der Waals surface area (Å²) in [6, 6.07) is 3.92. The molecule has 118 valence electrons. The van der Waals surface area contributed by atoms with Crippen LogP contribution >= 0.6 is 0 Å². The number of nitrogens with zero attached hydrogens (tertiary/aromatic N) is 2. The first-order chi connectivity index (χ1) is 10.1. The number of aliphatic hydroxyl groups excluding tert-OH is 2. The Balaban J connectivity index is 1.50. The zero-order valence-corrected chi connectivity index (χ0v) is 12.4. The SMILES string of the molecule is Cc1ccc(CN2CCN([C@@H]3COC[C@@H](O)[C@H]3O)CC2)o1. The normalized spacial score (nSPS) is 32.4. The third-order valence-corrected chi connectivity index (χ3v) is 4.42. The third kappa shape index (κ3) is 3.46. The second-order valence-corrected chi connectivity index (χ2v) is 5.99. The van der Waals surface area contributed by atoms with E-state index in [2.05, 4.69) is 9.80 Å². The van der Waals surface area contributed by atoms with Gasteiger partial charge in [-0.2, -0.15) is 0 Å². The Morgan fingerprint density at radius 2 is 1.90 bits per heavy atom. The van der Waals surface area contributed by atoms with Crippen LogP contribution in [0.5, 0.6) is 0 Å². The first-order valence-electron chi connectivity index (χ1n) is 7.59. The van der Waals surface area contributed by atoms with Crippen molar-refractivity contribution in [1.29, 1.82) is 0 Å². The number of piperazine rings is 1. The molecule has 2 aliphatic heterocycles. The third-order valence-electron chi connectivity index (χ3n) is 4.42. The number of hydrogen-bond acceptors (Lipinski definition) is 6. The summed E-state index contributed by atoms with van der Waals surface area (Å²) in [4.78, 5) is 4.57. The minimum absolute atomic E-state index is 0.0956. The first kappa shape index (κ1) is 15.0. The molecule has 3 rings (SSSR count). The van der Waals surface area contributed by atoms with E-state index < -0.39 is 12.2 Å². The van der Waals surface area contributed by atoms with Crippen molar-refractivity contribution < 1.29 is 19.4 Å². The van der Waals surface area contributed by atoms with Crippen LogP contribution in [0.25, 0.3) is 0 Å². The molecule has 0 spiro atoms. The Bertz CT molecular complexity index is 456. The molecule has 0 radical (unpaired) electrons. The van der Waals surface area contributed by atoms with Crippen LogP contribution < -0.4 is 0 Å². The fraction of sp³-hybridized carbons (Fsp3) is 0.733. The predicted molar refractivity (Wildman–Crippen MR) is 76.9 cm³/mol. The molecule has 1 aromatic rings. The van der Waals surface area contributed by atoms with Gasteiger partial charge in [0.2, 0.25) is 0 Å². The minimum Gasteiger partial charge on any atom is -0.465 e. The van der Waals surface area contributed by atoms with Crippen molar-refractivity contribution in [3.8, 4) is 0 Å². The van der Waals surface area contributed by atoms with Gasteiger partial charge in [0.15, 0.2) is 0 Å². The van der Waals surface area contributed by atoms with Crippen molar-refractivity contribution in [3.63, 3.8) is 0 Å². The van der Waals surface area contributed by atoms with Gasteiger partial charge in [0.1, 0.15) is 17.6 Å². The van der Waals surface area contributed by atoms with E-state index in [0.717, 1.165) is 44.2 Å². The Morgan fingerprint density at radius 1 is 1.14 bits per heavy atom. The molecule has 2 fully saturated rings. The molecule has 2 aliphatic rings. The van der Waals surface area contributed by atoms with Crippen molar-refractivity contribution in [2.45, 2.75) is 31.7 Å². The van der Waals surface area contributed by atoms with E-state index in [1.165, 1.54) is 0 Å². The van der Waals surface area contributed by atoms with Gasteiger partial charge in [-0.3, -0.25) is 9.80 Å². The predicted octanol–water partition coefficient (Wildman–Crippen LogP) is -0.174. The van der Waals surface area contributed by atoms with Crippen LogP contribution in [0.2, 0.25) is 0 Å². The highest BCUT2D eigenvalue weighted by molar-refractivity contribution is 5.05. The summed E-state index contributed by atoms with van der Waals surface area (Å²) >= 11 is 0. The van der Waals surface area contributed by atoms with Gasteiger partial charge in [-0.15, -0.1) is 0 Å². The van der Waals surface area contributed by atoms with Gasteiger partial charge in [0.05, 0.1) is 31.9 Å². The molecule has 21 heavy (non-hydrogen) atoms. The highest BCUT2D eigenvalue weighted by atomic mass is 16.5. The number of rotatable bonds is 3. The van der Waals surface area contributed by atoms with Crippen molar-refractivity contribution in [3.05, 3.63) is 23.7 Å². The summed E-state index contributed by atoms with van der Waals surface area (Å²) in [6.07, 6.45) is -1.48. The van der Waals surface area contributed by atoms with Gasteiger partial charge in [-0.05, 0) is 19.1 Å². The van der Waals surface area contributed by atoms with Gasteiger partial charge in [-0.25, -0.2) is 0 Å². The molecule has 3 atom stereocenters. The Kier molecular flexibility index (Phi) is 4.61. The van der Waals surface area contributed by atoms with Crippen molar-refractivity contribution in [2.75, 3.05) is 39.4 Å². The average molecular weight is 296 g/mol. The number of aryl methyl sites for hydroxylation is 1. The van der Waals surface area contributed by atoms with Gasteiger partial charge in [-0.1, -0.05) is 0 Å². The average Bonchev–Trinajstić information content (AvgIpc) is 2.88. The summed E-state index contributed by atoms with van der Waals surface area (Å²) < 4.78 is 11.0. The molecule has 0 saturated carbocycles. The van der Waals surface area contributed by atoms with Crippen molar-refractivity contribution in [1.82, 2.24) is 9.80 Å². The van der Waals surface area contributed by atoms with E-state index in [1.54, 1.807) is 0 Å². The molecule has 2 saturated heterocycles. The van der Waals surface area contributed by atoms with Crippen molar-refractivity contribution >= 4 is 0 Å². The zero-order chi connectivity index (χ0) is 14.8. The monoisotopic (exact) mass is 296 g/mol. The molecule has 0 bridgehead atoms. The van der Waals surface area contributed by atoms with Crippen LogP contribution in [-0.4, -0.2) is 77.7 Å². The second kappa shape index (κ2) is 6.46. The molecule has 0 aromatic carbocycles. The fourth-order valence-corrected chi connectivity index (χ4v) is 3.13. The molecule has 3 heterocycles. The summed E-state index contributed by atoms with van der Waals surface area (Å²) in [7, 11) is 0. The van der Waals surface area contributed by atoms with Gasteiger partial charge in [0, 0.05) is 26.2 Å². The second-order valence-electron chi connectivity index (χ2n) is 5.99. The summed E-state index contributed by atoms with van der Waals surface area (Å²) in [5, 5.41) is 19.8. The largest absolute Gasteiger partial charge is 0.465 e. The van der Waals surface area contributed by atoms with Crippen LogP contribution in [0, 0.1) is 6.92 Å². The maximum atomic E-state index is 10.1. The maximum absolute atomic E-state index is 10.1. The van der Waals surface area contributed by atoms with Gasteiger partial charge < -0.3 is 19.4 Å². The summed E-state index contributed by atoms with van der Waals surface area (Å²) in [5.41, 5.74) is 0. The Hall–Kier alpha value is -0.920. The molecular formula is C15H24N2O4. The number of aliphatic hydroxyl groups is 2. The van der Waals surface area contributed by atoms with E-state index >= 15 is 0 Å². The number of hydrogen-bond donors (Lipinski definition) is 2. The molecule has 0 unspecified atom stereocenters.